The van der Waals surface area contributed by atoms with Crippen molar-refractivity contribution < 1.29 is 24.4 Å². The number of nitriles is 1. The van der Waals surface area contributed by atoms with Crippen LogP contribution in [0.5, 0.6) is 17.2 Å². The molecule has 0 amide bonds. The average Bonchev–Trinajstić information content (AvgIpc) is 3.38. The van der Waals surface area contributed by atoms with Gasteiger partial charge in [-0.3, -0.25) is 0 Å². The minimum absolute atomic E-state index is 0.296. The summed E-state index contributed by atoms with van der Waals surface area (Å²) >= 11 is 0. The number of rotatable bonds is 7. The summed E-state index contributed by atoms with van der Waals surface area (Å²) in [6.07, 6.45) is -0.826. The predicted octanol–water partition coefficient (Wildman–Crippen LogP) is 6.05. The Hall–Kier alpha value is -4.31. The van der Waals surface area contributed by atoms with Crippen LogP contribution in [0.2, 0.25) is 0 Å². The zero-order chi connectivity index (χ0) is 27.9. The van der Waals surface area contributed by atoms with E-state index in [1.54, 1.807) is 18.2 Å². The molecule has 202 valence electrons. The summed E-state index contributed by atoms with van der Waals surface area (Å²) in [5.41, 5.74) is 1.44. The highest BCUT2D eigenvalue weighted by atomic mass is 16.5. The van der Waals surface area contributed by atoms with Crippen molar-refractivity contribution in [2.24, 2.45) is 0 Å². The summed E-state index contributed by atoms with van der Waals surface area (Å²) in [5.74, 6) is 1.08. The molecule has 40 heavy (non-hydrogen) atoms. The Morgan fingerprint density at radius 1 is 0.900 bits per heavy atom. The quantitative estimate of drug-likeness (QED) is 0.301. The molecule has 6 nitrogen and oxygen atoms in total. The Labute approximate surface area is 234 Å². The van der Waals surface area contributed by atoms with E-state index < -0.39 is 17.3 Å². The van der Waals surface area contributed by atoms with Crippen LogP contribution >= 0.6 is 0 Å². The maximum atomic E-state index is 12.7. The SMILES string of the molecule is CCOc1cc(OCC)c2c(c1)O[C@@]1(c3ccc(-c4cccc(C#N)c4)cc3)[C@H](c3ccccc3)C[C@@H](O)[C@@]21O. The lowest BCUT2D eigenvalue weighted by atomic mass is 9.71. The smallest absolute Gasteiger partial charge is 0.176 e. The second-order valence-corrected chi connectivity index (χ2v) is 10.2. The fourth-order valence-corrected chi connectivity index (χ4v) is 6.50. The van der Waals surface area contributed by atoms with E-state index >= 15 is 0 Å². The highest BCUT2D eigenvalue weighted by Crippen LogP contribution is 2.68. The van der Waals surface area contributed by atoms with Crippen LogP contribution in [0, 0.1) is 11.3 Å². The standard InChI is InChI=1S/C34H31NO5/c1-3-38-27-18-29(39-4-2)32-30(19-27)40-34(28(20-31(36)33(32,34)37)24-10-6-5-7-11-24)26-15-13-23(14-16-26)25-12-8-9-22(17-25)21-35/h5-19,28,31,36-37H,3-4,20H2,1-2H3/t28-,31+,33+,34-/m0/s1. The number of nitrogens with zero attached hydrogens (tertiary/aromatic N) is 1. The maximum Gasteiger partial charge on any atom is 0.176 e. The molecule has 4 aromatic rings. The molecular weight excluding hydrogens is 502 g/mol. The van der Waals surface area contributed by atoms with E-state index in [2.05, 4.69) is 6.07 Å². The first-order chi connectivity index (χ1) is 19.5. The van der Waals surface area contributed by atoms with Crippen LogP contribution in [-0.4, -0.2) is 29.5 Å². The molecule has 0 aromatic heterocycles. The number of benzene rings is 4. The molecule has 0 radical (unpaired) electrons. The molecule has 1 saturated carbocycles. The number of hydrogen-bond acceptors (Lipinski definition) is 6. The summed E-state index contributed by atoms with van der Waals surface area (Å²) < 4.78 is 18.7. The highest BCUT2D eigenvalue weighted by Gasteiger charge is 2.73. The van der Waals surface area contributed by atoms with Crippen molar-refractivity contribution in [3.8, 4) is 34.4 Å². The zero-order valence-electron chi connectivity index (χ0n) is 22.5. The van der Waals surface area contributed by atoms with Crippen LogP contribution in [0.15, 0.2) is 91.0 Å². The van der Waals surface area contributed by atoms with E-state index in [1.807, 2.05) is 86.6 Å². The topological polar surface area (TPSA) is 91.9 Å². The van der Waals surface area contributed by atoms with Gasteiger partial charge >= 0.3 is 0 Å². The van der Waals surface area contributed by atoms with Crippen LogP contribution in [0.1, 0.15) is 48.4 Å². The van der Waals surface area contributed by atoms with E-state index in [-0.39, 0.29) is 5.92 Å². The number of aliphatic hydroxyl groups is 2. The predicted molar refractivity (Wildman–Crippen MR) is 151 cm³/mol. The summed E-state index contributed by atoms with van der Waals surface area (Å²) in [5, 5.41) is 33.8. The Kier molecular flexibility index (Phi) is 6.50. The summed E-state index contributed by atoms with van der Waals surface area (Å²) in [6.45, 7) is 4.62. The van der Waals surface area contributed by atoms with Crippen LogP contribution in [0.25, 0.3) is 11.1 Å². The van der Waals surface area contributed by atoms with Gasteiger partial charge in [0.15, 0.2) is 11.2 Å². The van der Waals surface area contributed by atoms with E-state index in [0.717, 1.165) is 22.3 Å². The first kappa shape index (κ1) is 25.9. The fraction of sp³-hybridized carbons (Fsp3) is 0.265. The lowest BCUT2D eigenvalue weighted by Gasteiger charge is -2.41. The lowest BCUT2D eigenvalue weighted by molar-refractivity contribution is -0.150. The van der Waals surface area contributed by atoms with Gasteiger partial charge in [0.2, 0.25) is 0 Å². The van der Waals surface area contributed by atoms with Gasteiger partial charge in [-0.25, -0.2) is 0 Å². The number of hydrogen-bond donors (Lipinski definition) is 2. The molecule has 0 spiro atoms. The third-order valence-electron chi connectivity index (χ3n) is 8.14. The molecule has 0 bridgehead atoms. The van der Waals surface area contributed by atoms with Crippen molar-refractivity contribution in [1.29, 1.82) is 5.26 Å². The molecule has 2 N–H and O–H groups in total. The Morgan fingerprint density at radius 2 is 1.65 bits per heavy atom. The molecule has 4 atom stereocenters. The van der Waals surface area contributed by atoms with E-state index in [1.165, 1.54) is 0 Å². The van der Waals surface area contributed by atoms with Gasteiger partial charge in [-0.2, -0.15) is 5.26 Å². The third kappa shape index (κ3) is 3.77. The van der Waals surface area contributed by atoms with Crippen molar-refractivity contribution in [3.05, 3.63) is 113 Å². The van der Waals surface area contributed by atoms with Gasteiger partial charge in [0.25, 0.3) is 0 Å². The molecule has 0 saturated heterocycles. The molecule has 4 aromatic carbocycles. The minimum Gasteiger partial charge on any atom is -0.494 e. The maximum absolute atomic E-state index is 12.7. The van der Waals surface area contributed by atoms with Gasteiger partial charge in [0, 0.05) is 18.1 Å². The zero-order valence-corrected chi connectivity index (χ0v) is 22.5. The van der Waals surface area contributed by atoms with Crippen LogP contribution in [0.4, 0.5) is 0 Å². The largest absolute Gasteiger partial charge is 0.494 e. The van der Waals surface area contributed by atoms with Crippen molar-refractivity contribution in [1.82, 2.24) is 0 Å². The Morgan fingerprint density at radius 3 is 2.35 bits per heavy atom. The van der Waals surface area contributed by atoms with Gasteiger partial charge in [-0.15, -0.1) is 0 Å². The van der Waals surface area contributed by atoms with Crippen LogP contribution in [0.3, 0.4) is 0 Å². The van der Waals surface area contributed by atoms with Crippen molar-refractivity contribution in [3.63, 3.8) is 0 Å². The first-order valence-electron chi connectivity index (χ1n) is 13.7. The number of fused-ring (bicyclic) bond motifs is 3. The molecule has 1 aliphatic carbocycles. The summed E-state index contributed by atoms with van der Waals surface area (Å²) in [6, 6.07) is 30.9. The van der Waals surface area contributed by atoms with E-state index in [0.29, 0.717) is 48.0 Å². The van der Waals surface area contributed by atoms with Crippen molar-refractivity contribution in [2.45, 2.75) is 43.5 Å². The van der Waals surface area contributed by atoms with Gasteiger partial charge in [-0.1, -0.05) is 66.7 Å². The second kappa shape index (κ2) is 10.0. The normalized spacial score (nSPS) is 24.5. The minimum atomic E-state index is -1.79. The monoisotopic (exact) mass is 533 g/mol. The highest BCUT2D eigenvalue weighted by molar-refractivity contribution is 5.67. The fourth-order valence-electron chi connectivity index (χ4n) is 6.50. The van der Waals surface area contributed by atoms with E-state index in [9.17, 15) is 15.5 Å². The molecule has 2 aliphatic rings. The average molecular weight is 534 g/mol. The molecule has 6 rings (SSSR count). The van der Waals surface area contributed by atoms with Gasteiger partial charge in [0.1, 0.15) is 17.2 Å². The second-order valence-electron chi connectivity index (χ2n) is 10.2. The number of aliphatic hydroxyl groups excluding tert-OH is 1. The first-order valence-corrected chi connectivity index (χ1v) is 13.7. The summed E-state index contributed by atoms with van der Waals surface area (Å²) in [4.78, 5) is 0. The van der Waals surface area contributed by atoms with Gasteiger partial charge < -0.3 is 24.4 Å². The number of ether oxygens (including phenoxy) is 3. The van der Waals surface area contributed by atoms with Crippen LogP contribution in [-0.2, 0) is 11.2 Å². The van der Waals surface area contributed by atoms with Gasteiger partial charge in [0.05, 0.1) is 36.5 Å². The molecule has 6 heteroatoms. The van der Waals surface area contributed by atoms with Crippen molar-refractivity contribution >= 4 is 0 Å². The molecule has 1 fully saturated rings. The van der Waals surface area contributed by atoms with E-state index in [4.69, 9.17) is 14.2 Å². The molecule has 1 heterocycles. The molecule has 1 aliphatic heterocycles. The van der Waals surface area contributed by atoms with Crippen LogP contribution < -0.4 is 14.2 Å². The third-order valence-corrected chi connectivity index (χ3v) is 8.14. The Bertz CT molecular complexity index is 1580. The van der Waals surface area contributed by atoms with Gasteiger partial charge in [-0.05, 0) is 54.7 Å². The molecular formula is C34H31NO5. The molecule has 0 unspecified atom stereocenters. The summed E-state index contributed by atoms with van der Waals surface area (Å²) in [7, 11) is 0. The lowest BCUT2D eigenvalue weighted by Crippen LogP contribution is -2.52. The van der Waals surface area contributed by atoms with Crippen molar-refractivity contribution in [2.75, 3.05) is 13.2 Å². The Balaban J connectivity index is 1.56.